The van der Waals surface area contributed by atoms with Crippen molar-refractivity contribution in [3.05, 3.63) is 22.7 Å². The van der Waals surface area contributed by atoms with Crippen molar-refractivity contribution in [1.82, 2.24) is 0 Å². The number of benzene rings is 1. The fourth-order valence-electron chi connectivity index (χ4n) is 1.62. The Morgan fingerprint density at radius 3 is 2.85 bits per heavy atom. The van der Waals surface area contributed by atoms with Gasteiger partial charge in [-0.05, 0) is 12.1 Å². The standard InChI is InChI=1S/C12H11BrN2O5/c1-19-8-3-6(13)2-7(4-8)14-11(16)10-5-9(12(17)18)15-20-10/h2-4,10H,5H2,1H3,(H,14,16)(H,17,18). The van der Waals surface area contributed by atoms with Gasteiger partial charge in [0.05, 0.1) is 7.11 Å². The predicted molar refractivity (Wildman–Crippen MR) is 73.9 cm³/mol. The van der Waals surface area contributed by atoms with Crippen molar-refractivity contribution in [3.8, 4) is 5.75 Å². The molecule has 1 aliphatic heterocycles. The molecule has 2 rings (SSSR count). The van der Waals surface area contributed by atoms with E-state index < -0.39 is 18.0 Å². The molecule has 2 N–H and O–H groups in total. The lowest BCUT2D eigenvalue weighted by atomic mass is 10.1. The number of carboxylic acid groups (broad SMARTS) is 1. The van der Waals surface area contributed by atoms with Crippen LogP contribution in [0, 0.1) is 0 Å². The molecule has 0 spiro atoms. The number of ether oxygens (including phenoxy) is 1. The summed E-state index contributed by atoms with van der Waals surface area (Å²) in [6, 6.07) is 5.07. The lowest BCUT2D eigenvalue weighted by molar-refractivity contribution is -0.129. The third-order valence-corrected chi connectivity index (χ3v) is 3.04. The maximum absolute atomic E-state index is 11.9. The largest absolute Gasteiger partial charge is 0.497 e. The smallest absolute Gasteiger partial charge is 0.353 e. The average molecular weight is 343 g/mol. The van der Waals surface area contributed by atoms with Gasteiger partial charge in [0.15, 0.2) is 5.71 Å². The molecule has 20 heavy (non-hydrogen) atoms. The van der Waals surface area contributed by atoms with E-state index in [2.05, 4.69) is 26.4 Å². The Morgan fingerprint density at radius 2 is 2.25 bits per heavy atom. The van der Waals surface area contributed by atoms with Crippen molar-refractivity contribution in [2.75, 3.05) is 12.4 Å². The number of anilines is 1. The fourth-order valence-corrected chi connectivity index (χ4v) is 2.09. The molecule has 1 aromatic carbocycles. The maximum Gasteiger partial charge on any atom is 0.353 e. The van der Waals surface area contributed by atoms with Crippen LogP contribution in [0.5, 0.6) is 5.75 Å². The van der Waals surface area contributed by atoms with Crippen LogP contribution >= 0.6 is 15.9 Å². The van der Waals surface area contributed by atoms with E-state index in [1.54, 1.807) is 18.2 Å². The van der Waals surface area contributed by atoms with Crippen molar-refractivity contribution >= 4 is 39.2 Å². The number of carbonyl (C=O) groups is 2. The van der Waals surface area contributed by atoms with E-state index in [1.807, 2.05) is 0 Å². The molecule has 0 bridgehead atoms. The number of nitrogens with one attached hydrogen (secondary N) is 1. The predicted octanol–water partition coefficient (Wildman–Crippen LogP) is 1.63. The highest BCUT2D eigenvalue weighted by atomic mass is 79.9. The molecule has 0 aromatic heterocycles. The third kappa shape index (κ3) is 3.27. The van der Waals surface area contributed by atoms with Gasteiger partial charge in [0.1, 0.15) is 5.75 Å². The molecule has 0 saturated heterocycles. The monoisotopic (exact) mass is 342 g/mol. The zero-order chi connectivity index (χ0) is 14.7. The summed E-state index contributed by atoms with van der Waals surface area (Å²) in [4.78, 5) is 27.4. The minimum absolute atomic E-state index is 0.0632. The van der Waals surface area contributed by atoms with Crippen molar-refractivity contribution < 1.29 is 24.3 Å². The normalized spacial score (nSPS) is 17.1. The van der Waals surface area contributed by atoms with E-state index in [0.717, 1.165) is 4.47 Å². The van der Waals surface area contributed by atoms with Crippen molar-refractivity contribution in [3.63, 3.8) is 0 Å². The Bertz CT molecular complexity index is 587. The molecule has 1 atom stereocenters. The SMILES string of the molecule is COc1cc(Br)cc(NC(=O)C2CC(C(=O)O)=NO2)c1. The molecule has 7 nitrogen and oxygen atoms in total. The lowest BCUT2D eigenvalue weighted by Gasteiger charge is -2.11. The first-order valence-electron chi connectivity index (χ1n) is 5.61. The second-order valence-electron chi connectivity index (χ2n) is 4.01. The number of hydrogen-bond donors (Lipinski definition) is 2. The number of methoxy groups -OCH3 is 1. The highest BCUT2D eigenvalue weighted by Gasteiger charge is 2.31. The summed E-state index contributed by atoms with van der Waals surface area (Å²) in [6.45, 7) is 0. The highest BCUT2D eigenvalue weighted by Crippen LogP contribution is 2.25. The molecule has 8 heteroatoms. The number of hydrogen-bond acceptors (Lipinski definition) is 5. The number of nitrogens with zero attached hydrogens (tertiary/aromatic N) is 1. The van der Waals surface area contributed by atoms with Crippen LogP contribution < -0.4 is 10.1 Å². The summed E-state index contributed by atoms with van der Waals surface area (Å²) in [5, 5.41) is 14.7. The lowest BCUT2D eigenvalue weighted by Crippen LogP contribution is -2.28. The molecule has 0 aliphatic carbocycles. The van der Waals surface area contributed by atoms with E-state index in [0.29, 0.717) is 11.4 Å². The maximum atomic E-state index is 11.9. The molecular weight excluding hydrogens is 332 g/mol. The number of aliphatic carboxylic acids is 1. The summed E-state index contributed by atoms with van der Waals surface area (Å²) < 4.78 is 5.82. The Balaban J connectivity index is 2.02. The van der Waals surface area contributed by atoms with Crippen molar-refractivity contribution in [2.24, 2.45) is 5.16 Å². The Hall–Kier alpha value is -2.09. The summed E-state index contributed by atoms with van der Waals surface area (Å²) in [5.41, 5.74) is 0.338. The topological polar surface area (TPSA) is 97.2 Å². The van der Waals surface area contributed by atoms with Gasteiger partial charge in [-0.2, -0.15) is 0 Å². The highest BCUT2D eigenvalue weighted by molar-refractivity contribution is 9.10. The molecule has 1 unspecified atom stereocenters. The van der Waals surface area contributed by atoms with Crippen LogP contribution in [0.1, 0.15) is 6.42 Å². The first kappa shape index (κ1) is 14.3. The van der Waals surface area contributed by atoms with E-state index in [4.69, 9.17) is 14.7 Å². The zero-order valence-electron chi connectivity index (χ0n) is 10.4. The average Bonchev–Trinajstić information content (AvgIpc) is 2.87. The number of rotatable bonds is 4. The Kier molecular flexibility index (Phi) is 4.23. The van der Waals surface area contributed by atoms with Crippen LogP contribution in [0.2, 0.25) is 0 Å². The molecular formula is C12H11BrN2O5. The fraction of sp³-hybridized carbons (Fsp3) is 0.250. The van der Waals surface area contributed by atoms with E-state index in [-0.39, 0.29) is 12.1 Å². The first-order chi connectivity index (χ1) is 9.49. The molecule has 0 radical (unpaired) electrons. The van der Waals surface area contributed by atoms with Gasteiger partial charge in [-0.15, -0.1) is 0 Å². The molecule has 1 amide bonds. The van der Waals surface area contributed by atoms with Crippen LogP contribution in [0.15, 0.2) is 27.8 Å². The van der Waals surface area contributed by atoms with Gasteiger partial charge in [0, 0.05) is 22.6 Å². The molecule has 1 aliphatic rings. The van der Waals surface area contributed by atoms with Crippen LogP contribution in [0.25, 0.3) is 0 Å². The van der Waals surface area contributed by atoms with E-state index in [9.17, 15) is 9.59 Å². The van der Waals surface area contributed by atoms with Crippen LogP contribution in [0.3, 0.4) is 0 Å². The summed E-state index contributed by atoms with van der Waals surface area (Å²) in [7, 11) is 1.51. The van der Waals surface area contributed by atoms with Gasteiger partial charge >= 0.3 is 5.97 Å². The van der Waals surface area contributed by atoms with Gasteiger partial charge in [-0.1, -0.05) is 21.1 Å². The van der Waals surface area contributed by atoms with Gasteiger partial charge in [-0.3, -0.25) is 4.79 Å². The van der Waals surface area contributed by atoms with Gasteiger partial charge in [-0.25, -0.2) is 4.79 Å². The second kappa shape index (κ2) is 5.91. The molecule has 106 valence electrons. The molecule has 0 saturated carbocycles. The molecule has 1 aromatic rings. The Morgan fingerprint density at radius 1 is 1.50 bits per heavy atom. The first-order valence-corrected chi connectivity index (χ1v) is 6.40. The summed E-state index contributed by atoms with van der Waals surface area (Å²) >= 11 is 3.29. The summed E-state index contributed by atoms with van der Waals surface area (Å²) in [6.07, 6.45) is -1.00. The second-order valence-corrected chi connectivity index (χ2v) is 4.93. The van der Waals surface area contributed by atoms with Crippen LogP contribution in [0.4, 0.5) is 5.69 Å². The van der Waals surface area contributed by atoms with Gasteiger partial charge in [0.25, 0.3) is 5.91 Å². The zero-order valence-corrected chi connectivity index (χ0v) is 12.0. The van der Waals surface area contributed by atoms with Crippen molar-refractivity contribution in [2.45, 2.75) is 12.5 Å². The number of oxime groups is 1. The van der Waals surface area contributed by atoms with Crippen LogP contribution in [-0.2, 0) is 14.4 Å². The molecule has 0 fully saturated rings. The Labute approximate surface area is 122 Å². The minimum Gasteiger partial charge on any atom is -0.497 e. The van der Waals surface area contributed by atoms with E-state index >= 15 is 0 Å². The number of halogens is 1. The van der Waals surface area contributed by atoms with Crippen molar-refractivity contribution in [1.29, 1.82) is 0 Å². The number of carboxylic acids is 1. The van der Waals surface area contributed by atoms with Crippen LogP contribution in [-0.4, -0.2) is 35.9 Å². The quantitative estimate of drug-likeness (QED) is 0.866. The van der Waals surface area contributed by atoms with Gasteiger partial charge in [0.2, 0.25) is 6.10 Å². The summed E-state index contributed by atoms with van der Waals surface area (Å²) in [5.74, 6) is -1.08. The molecule has 1 heterocycles. The number of carbonyl (C=O) groups excluding carboxylic acids is 1. The van der Waals surface area contributed by atoms with E-state index in [1.165, 1.54) is 7.11 Å². The third-order valence-electron chi connectivity index (χ3n) is 2.58. The number of amides is 1. The van der Waals surface area contributed by atoms with Gasteiger partial charge < -0.3 is 20.0 Å². The minimum atomic E-state index is -1.19.